The van der Waals surface area contributed by atoms with E-state index in [0.29, 0.717) is 36.9 Å². The Labute approximate surface area is 253 Å². The highest BCUT2D eigenvalue weighted by atomic mass is 19.4. The molecule has 0 heterocycles. The number of carboxylic acids is 1. The van der Waals surface area contributed by atoms with Gasteiger partial charge >= 0.3 is 12.1 Å². The predicted octanol–water partition coefficient (Wildman–Crippen LogP) is 5.39. The fourth-order valence-corrected chi connectivity index (χ4v) is 3.78. The second-order valence-electron chi connectivity index (χ2n) is 9.69. The van der Waals surface area contributed by atoms with E-state index in [4.69, 9.17) is 25.1 Å². The van der Waals surface area contributed by atoms with E-state index in [1.807, 2.05) is 81.4 Å². The van der Waals surface area contributed by atoms with Gasteiger partial charge in [-0.15, -0.1) is 0 Å². The molecule has 3 aromatic carbocycles. The van der Waals surface area contributed by atoms with E-state index < -0.39 is 18.2 Å². The number of rotatable bonds is 12. The van der Waals surface area contributed by atoms with Crippen molar-refractivity contribution in [1.82, 2.24) is 5.32 Å². The first-order chi connectivity index (χ1) is 20.7. The Kier molecular flexibility index (Phi) is 13.5. The number of carboxylic acid groups (broad SMARTS) is 1. The molecular weight excluding hydrogens is 581 g/mol. The summed E-state index contributed by atoms with van der Waals surface area (Å²) in [7, 11) is 0. The highest BCUT2D eigenvalue weighted by Gasteiger charge is 2.38. The van der Waals surface area contributed by atoms with Crippen LogP contribution < -0.4 is 31.2 Å². The molecule has 0 aromatic heterocycles. The topological polar surface area (TPSA) is 152 Å². The Morgan fingerprint density at radius 3 is 2.14 bits per heavy atom. The molecule has 3 rings (SSSR count). The maximum absolute atomic E-state index is 13.5. The molecule has 44 heavy (non-hydrogen) atoms. The molecule has 0 aliphatic carbocycles. The first-order valence-electron chi connectivity index (χ1n) is 13.7. The summed E-state index contributed by atoms with van der Waals surface area (Å²) in [5.41, 5.74) is 9.78. The van der Waals surface area contributed by atoms with Gasteiger partial charge in [-0.25, -0.2) is 4.79 Å². The zero-order valence-electron chi connectivity index (χ0n) is 24.8. The van der Waals surface area contributed by atoms with Gasteiger partial charge in [0.15, 0.2) is 11.5 Å². The molecule has 3 aromatic rings. The summed E-state index contributed by atoms with van der Waals surface area (Å²) in [5, 5.41) is 16.2. The minimum Gasteiger partial charge on any atom is -0.490 e. The number of ether oxygens (including phenoxy) is 2. The minimum atomic E-state index is -5.08. The number of nitrogens with two attached hydrogens (primary N) is 1. The van der Waals surface area contributed by atoms with Gasteiger partial charge in [0.2, 0.25) is 11.8 Å². The molecule has 0 aliphatic heterocycles. The fraction of sp³-hybridized carbons (Fsp3) is 0.323. The molecule has 0 fully saturated rings. The van der Waals surface area contributed by atoms with E-state index >= 15 is 0 Å². The van der Waals surface area contributed by atoms with Crippen molar-refractivity contribution in [3.63, 3.8) is 0 Å². The molecule has 10 nitrogen and oxygen atoms in total. The zero-order valence-corrected chi connectivity index (χ0v) is 24.8. The number of nitrogens with one attached hydrogen (secondary N) is 3. The number of anilines is 2. The molecule has 13 heteroatoms. The molecule has 0 saturated heterocycles. The molecule has 6 N–H and O–H groups in total. The molecule has 0 saturated carbocycles. The number of carbonyl (C=O) groups excluding carboxylic acids is 2. The van der Waals surface area contributed by atoms with Crippen LogP contribution in [0.1, 0.15) is 50.4 Å². The lowest BCUT2D eigenvalue weighted by Gasteiger charge is -2.22. The summed E-state index contributed by atoms with van der Waals surface area (Å²) in [5.74, 6) is -1.92. The van der Waals surface area contributed by atoms with E-state index in [-0.39, 0.29) is 17.9 Å². The maximum Gasteiger partial charge on any atom is 0.490 e. The van der Waals surface area contributed by atoms with Crippen molar-refractivity contribution in [3.8, 4) is 11.5 Å². The van der Waals surface area contributed by atoms with Crippen LogP contribution in [0.15, 0.2) is 66.7 Å². The van der Waals surface area contributed by atoms with E-state index in [1.165, 1.54) is 6.92 Å². The van der Waals surface area contributed by atoms with Gasteiger partial charge < -0.3 is 36.3 Å². The molecule has 1 atom stereocenters. The van der Waals surface area contributed by atoms with E-state index in [2.05, 4.69) is 16.0 Å². The molecule has 2 amide bonds. The minimum absolute atomic E-state index is 0.0170. The highest BCUT2D eigenvalue weighted by molar-refractivity contribution is 5.89. The van der Waals surface area contributed by atoms with Crippen LogP contribution in [-0.2, 0) is 27.5 Å². The summed E-state index contributed by atoms with van der Waals surface area (Å²) in [6.07, 6.45) is -5.10. The third-order valence-electron chi connectivity index (χ3n) is 5.68. The van der Waals surface area contributed by atoms with Gasteiger partial charge in [0.25, 0.3) is 0 Å². The van der Waals surface area contributed by atoms with Crippen LogP contribution in [-0.4, -0.2) is 41.8 Å². The summed E-state index contributed by atoms with van der Waals surface area (Å²) >= 11 is 0. The van der Waals surface area contributed by atoms with E-state index in [1.54, 1.807) is 6.07 Å². The van der Waals surface area contributed by atoms with Crippen LogP contribution in [0.3, 0.4) is 0 Å². The Hall–Kier alpha value is -4.78. The predicted molar refractivity (Wildman–Crippen MR) is 160 cm³/mol. The molecule has 0 spiro atoms. The number of benzene rings is 3. The molecular formula is C31H37F3N4O6. The second-order valence-corrected chi connectivity index (χ2v) is 9.69. The normalized spacial score (nSPS) is 11.5. The second kappa shape index (κ2) is 16.8. The zero-order chi connectivity index (χ0) is 32.9. The van der Waals surface area contributed by atoms with Crippen molar-refractivity contribution in [3.05, 3.63) is 83.4 Å². The first-order valence-corrected chi connectivity index (χ1v) is 13.7. The van der Waals surface area contributed by atoms with Crippen LogP contribution in [0.5, 0.6) is 11.5 Å². The summed E-state index contributed by atoms with van der Waals surface area (Å²) in [4.78, 5) is 33.8. The Balaban J connectivity index is 0.000000860. The van der Waals surface area contributed by atoms with Gasteiger partial charge in [0.1, 0.15) is 6.04 Å². The molecule has 0 bridgehead atoms. The average molecular weight is 619 g/mol. The van der Waals surface area contributed by atoms with Crippen molar-refractivity contribution in [2.75, 3.05) is 17.2 Å². The van der Waals surface area contributed by atoms with Crippen molar-refractivity contribution in [2.24, 2.45) is 5.73 Å². The van der Waals surface area contributed by atoms with Crippen molar-refractivity contribution >= 4 is 29.2 Å². The third kappa shape index (κ3) is 11.8. The number of hydrogen-bond acceptors (Lipinski definition) is 7. The standard InChI is InChI=1S/C29H36N4O4.C2HF3O2/c1-5-36-27-16-23(11-14-26(27)37-19(2)3)28(33-24-12-9-21(17-30)10-13-24)29(35)31-18-22-7-6-8-25(15-22)32-20(4)34;3-2(4,5)1(6)7/h6-16,19,28,33H,5,17-18,30H2,1-4H3,(H,31,35)(H,32,34);(H,6,7). The van der Waals surface area contributed by atoms with Gasteiger partial charge in [0.05, 0.1) is 12.7 Å². The Bertz CT molecular complexity index is 1400. The lowest BCUT2D eigenvalue weighted by molar-refractivity contribution is -0.192. The first kappa shape index (κ1) is 35.4. The SMILES string of the molecule is CCOc1cc(C(Nc2ccc(CN)cc2)C(=O)NCc2cccc(NC(C)=O)c2)ccc1OC(C)C.O=C(O)C(F)(F)F. The van der Waals surface area contributed by atoms with Crippen LogP contribution in [0.25, 0.3) is 0 Å². The van der Waals surface area contributed by atoms with E-state index in [0.717, 1.165) is 22.4 Å². The summed E-state index contributed by atoms with van der Waals surface area (Å²) < 4.78 is 43.5. The molecule has 238 valence electrons. The van der Waals surface area contributed by atoms with Crippen LogP contribution in [0, 0.1) is 0 Å². The van der Waals surface area contributed by atoms with Gasteiger partial charge in [-0.3, -0.25) is 9.59 Å². The van der Waals surface area contributed by atoms with Crippen LogP contribution in [0.2, 0.25) is 0 Å². The van der Waals surface area contributed by atoms with Gasteiger partial charge in [-0.2, -0.15) is 13.2 Å². The smallest absolute Gasteiger partial charge is 0.490 e. The quantitative estimate of drug-likeness (QED) is 0.181. The lowest BCUT2D eigenvalue weighted by Crippen LogP contribution is -2.33. The summed E-state index contributed by atoms with van der Waals surface area (Å²) in [6.45, 7) is 8.47. The molecule has 0 aliphatic rings. The molecule has 0 radical (unpaired) electrons. The fourth-order valence-electron chi connectivity index (χ4n) is 3.78. The lowest BCUT2D eigenvalue weighted by atomic mass is 10.0. The monoisotopic (exact) mass is 618 g/mol. The number of carbonyl (C=O) groups is 3. The van der Waals surface area contributed by atoms with Crippen molar-refractivity contribution in [2.45, 2.75) is 59.1 Å². The van der Waals surface area contributed by atoms with E-state index in [9.17, 15) is 22.8 Å². The van der Waals surface area contributed by atoms with Crippen LogP contribution in [0.4, 0.5) is 24.5 Å². The maximum atomic E-state index is 13.5. The van der Waals surface area contributed by atoms with Crippen molar-refractivity contribution in [1.29, 1.82) is 0 Å². The number of hydrogen-bond donors (Lipinski definition) is 5. The Morgan fingerprint density at radius 1 is 0.932 bits per heavy atom. The van der Waals surface area contributed by atoms with Gasteiger partial charge in [0, 0.05) is 31.4 Å². The number of alkyl halides is 3. The number of amides is 2. The third-order valence-corrected chi connectivity index (χ3v) is 5.68. The number of halogens is 3. The average Bonchev–Trinajstić information content (AvgIpc) is 2.95. The van der Waals surface area contributed by atoms with Gasteiger partial charge in [-0.05, 0) is 73.9 Å². The highest BCUT2D eigenvalue weighted by Crippen LogP contribution is 2.33. The van der Waals surface area contributed by atoms with Gasteiger partial charge in [-0.1, -0.05) is 30.3 Å². The largest absolute Gasteiger partial charge is 0.490 e. The Morgan fingerprint density at radius 2 is 1.59 bits per heavy atom. The molecule has 1 unspecified atom stereocenters. The van der Waals surface area contributed by atoms with Crippen molar-refractivity contribution < 1.29 is 42.1 Å². The number of aliphatic carboxylic acids is 1. The van der Waals surface area contributed by atoms with Crippen LogP contribution >= 0.6 is 0 Å². The summed E-state index contributed by atoms with van der Waals surface area (Å²) in [6, 6.07) is 19.9.